The van der Waals surface area contributed by atoms with E-state index in [0.717, 1.165) is 24.3 Å². The van der Waals surface area contributed by atoms with E-state index in [1.54, 1.807) is 6.07 Å². The van der Waals surface area contributed by atoms with Crippen molar-refractivity contribution < 1.29 is 26.3 Å². The van der Waals surface area contributed by atoms with Crippen molar-refractivity contribution in [2.75, 3.05) is 0 Å². The van der Waals surface area contributed by atoms with Gasteiger partial charge in [-0.25, -0.2) is 12.8 Å². The zero-order valence-electron chi connectivity index (χ0n) is 12.0. The van der Waals surface area contributed by atoms with Crippen molar-refractivity contribution in [3.05, 3.63) is 51.7 Å². The summed E-state index contributed by atoms with van der Waals surface area (Å²) in [5.74, 6) is -4.65. The molecule has 10 heteroatoms. The molecule has 0 heterocycles. The van der Waals surface area contributed by atoms with Gasteiger partial charge in [-0.15, -0.1) is 0 Å². The van der Waals surface area contributed by atoms with Gasteiger partial charge < -0.3 is 4.74 Å². The summed E-state index contributed by atoms with van der Waals surface area (Å²) in [6.45, 7) is 0. The maximum Gasteiger partial charge on any atom is 0.341 e. The van der Waals surface area contributed by atoms with Gasteiger partial charge in [-0.3, -0.25) is 0 Å². The average Bonchev–Trinajstić information content (AvgIpc) is 2.55. The monoisotopic (exact) mass is 430 g/mol. The highest BCUT2D eigenvalue weighted by Crippen LogP contribution is 2.37. The number of nitrogens with zero attached hydrogens (tertiary/aromatic N) is 2. The molecule has 0 bridgehead atoms. The Labute approximate surface area is 148 Å². The number of hydrogen-bond donors (Lipinski definition) is 0. The molecule has 0 spiro atoms. The zero-order chi connectivity index (χ0) is 18.8. The van der Waals surface area contributed by atoms with Crippen LogP contribution in [0.5, 0.6) is 11.5 Å². The molecule has 0 saturated carbocycles. The van der Waals surface area contributed by atoms with Crippen LogP contribution >= 0.6 is 15.9 Å². The van der Waals surface area contributed by atoms with Gasteiger partial charge in [0.15, 0.2) is 0 Å². The summed E-state index contributed by atoms with van der Waals surface area (Å²) in [4.78, 5) is -0.860. The van der Waals surface area contributed by atoms with Crippen molar-refractivity contribution in [2.24, 2.45) is 0 Å². The third kappa shape index (κ3) is 3.76. The first-order chi connectivity index (χ1) is 11.7. The summed E-state index contributed by atoms with van der Waals surface area (Å²) in [6, 6.07) is 8.23. The Balaban J connectivity index is 2.55. The lowest BCUT2D eigenvalue weighted by Crippen LogP contribution is -2.13. The number of hydrogen-bond acceptors (Lipinski definition) is 5. The van der Waals surface area contributed by atoms with Gasteiger partial charge in [0, 0.05) is 6.07 Å². The lowest BCUT2D eigenvalue weighted by atomic mass is 10.2. The van der Waals surface area contributed by atoms with Crippen molar-refractivity contribution in [2.45, 2.75) is 10.7 Å². The van der Waals surface area contributed by atoms with Crippen molar-refractivity contribution in [1.29, 1.82) is 10.5 Å². The largest absolute Gasteiger partial charge is 0.456 e. The van der Waals surface area contributed by atoms with E-state index in [-0.39, 0.29) is 21.5 Å². The van der Waals surface area contributed by atoms with E-state index >= 15 is 0 Å². The van der Waals surface area contributed by atoms with E-state index in [0.29, 0.717) is 0 Å². The number of nitriles is 2. The summed E-state index contributed by atoms with van der Waals surface area (Å²) in [7, 11) is -4.99. The highest BCUT2D eigenvalue weighted by Gasteiger charge is 2.31. The van der Waals surface area contributed by atoms with Gasteiger partial charge in [0.2, 0.25) is 9.84 Å². The number of ether oxygens (including phenoxy) is 1. The van der Waals surface area contributed by atoms with Gasteiger partial charge >= 0.3 is 5.76 Å². The Hall–Kier alpha value is -2.56. The first kappa shape index (κ1) is 18.8. The van der Waals surface area contributed by atoms with E-state index in [2.05, 4.69) is 15.9 Å². The molecule has 128 valence electrons. The van der Waals surface area contributed by atoms with E-state index in [9.17, 15) is 21.6 Å². The Bertz CT molecular complexity index is 1030. The van der Waals surface area contributed by atoms with Gasteiger partial charge in [-0.2, -0.15) is 19.3 Å². The summed E-state index contributed by atoms with van der Waals surface area (Å²) in [5, 5.41) is 17.9. The molecule has 0 radical (unpaired) electrons. The third-order valence-electron chi connectivity index (χ3n) is 2.95. The molecule has 0 unspecified atom stereocenters. The molecule has 2 aromatic carbocycles. The standard InChI is InChI=1S/C15H6BrF3N2O3S/c16-14-11(7-21)13(25(22,23)15(18)19)2-1-12(14)24-10-4-8(6-20)3-9(17)5-10/h1-5,15H. The fourth-order valence-electron chi connectivity index (χ4n) is 1.87. The van der Waals surface area contributed by atoms with Gasteiger partial charge in [0.25, 0.3) is 0 Å². The van der Waals surface area contributed by atoms with Crippen molar-refractivity contribution in [1.82, 2.24) is 0 Å². The first-order valence-corrected chi connectivity index (χ1v) is 8.68. The van der Waals surface area contributed by atoms with Crippen molar-refractivity contribution in [3.8, 4) is 23.6 Å². The SMILES string of the molecule is N#Cc1cc(F)cc(Oc2ccc(S(=O)(=O)C(F)F)c(C#N)c2Br)c1. The molecule has 0 aromatic heterocycles. The zero-order valence-corrected chi connectivity index (χ0v) is 14.4. The molecule has 5 nitrogen and oxygen atoms in total. The highest BCUT2D eigenvalue weighted by atomic mass is 79.9. The Kier molecular flexibility index (Phi) is 5.36. The topological polar surface area (TPSA) is 90.9 Å². The molecule has 0 aliphatic carbocycles. The summed E-state index contributed by atoms with van der Waals surface area (Å²) < 4.78 is 67.2. The second kappa shape index (κ2) is 7.13. The van der Waals surface area contributed by atoms with Gasteiger partial charge in [-0.1, -0.05) is 0 Å². The van der Waals surface area contributed by atoms with Crippen LogP contribution in [0.4, 0.5) is 13.2 Å². The third-order valence-corrected chi connectivity index (χ3v) is 5.16. The van der Waals surface area contributed by atoms with Crippen LogP contribution in [-0.4, -0.2) is 14.2 Å². The number of sulfone groups is 1. The summed E-state index contributed by atoms with van der Waals surface area (Å²) in [6.07, 6.45) is 0. The minimum atomic E-state index is -4.99. The van der Waals surface area contributed by atoms with E-state index in [1.807, 2.05) is 0 Å². The summed E-state index contributed by atoms with van der Waals surface area (Å²) in [5.41, 5.74) is -0.599. The maximum atomic E-state index is 13.4. The number of rotatable bonds is 4. The van der Waals surface area contributed by atoms with E-state index in [1.165, 1.54) is 12.1 Å². The van der Waals surface area contributed by atoms with Crippen LogP contribution in [0.1, 0.15) is 11.1 Å². The quantitative estimate of drug-likeness (QED) is 0.727. The molecule has 0 atom stereocenters. The van der Waals surface area contributed by atoms with Crippen LogP contribution in [0, 0.1) is 28.5 Å². The van der Waals surface area contributed by atoms with Gasteiger partial charge in [-0.05, 0) is 40.2 Å². The average molecular weight is 431 g/mol. The normalized spacial score (nSPS) is 11.0. The lowest BCUT2D eigenvalue weighted by molar-refractivity contribution is 0.234. The Morgan fingerprint density at radius 2 is 1.80 bits per heavy atom. The predicted molar refractivity (Wildman–Crippen MR) is 83.2 cm³/mol. The van der Waals surface area contributed by atoms with Crippen LogP contribution in [0.3, 0.4) is 0 Å². The highest BCUT2D eigenvalue weighted by molar-refractivity contribution is 9.10. The van der Waals surface area contributed by atoms with Crippen LogP contribution in [0.15, 0.2) is 39.7 Å². The summed E-state index contributed by atoms with van der Waals surface area (Å²) >= 11 is 2.93. The van der Waals surface area contributed by atoms with Gasteiger partial charge in [0.1, 0.15) is 23.4 Å². The molecule has 25 heavy (non-hydrogen) atoms. The van der Waals surface area contributed by atoms with Crippen LogP contribution in [0.2, 0.25) is 0 Å². The van der Waals surface area contributed by atoms with E-state index in [4.69, 9.17) is 15.3 Å². The van der Waals surface area contributed by atoms with Crippen LogP contribution < -0.4 is 4.74 Å². The fourth-order valence-corrected chi connectivity index (χ4v) is 3.40. The molecule has 0 N–H and O–H groups in total. The minimum absolute atomic E-state index is 0.0245. The first-order valence-electron chi connectivity index (χ1n) is 6.34. The number of benzene rings is 2. The minimum Gasteiger partial charge on any atom is -0.456 e. The van der Waals surface area contributed by atoms with Crippen molar-refractivity contribution >= 4 is 25.8 Å². The van der Waals surface area contributed by atoms with E-state index < -0.39 is 31.9 Å². The molecule has 0 aliphatic rings. The number of halogens is 4. The maximum absolute atomic E-state index is 13.4. The molecule has 2 rings (SSSR count). The molecule has 2 aromatic rings. The lowest BCUT2D eigenvalue weighted by Gasteiger charge is -2.12. The second-order valence-electron chi connectivity index (χ2n) is 4.56. The Morgan fingerprint density at radius 1 is 1.12 bits per heavy atom. The van der Waals surface area contributed by atoms with Crippen molar-refractivity contribution in [3.63, 3.8) is 0 Å². The number of alkyl halides is 2. The molecule has 0 amide bonds. The fraction of sp³-hybridized carbons (Fsp3) is 0.0667. The molecular formula is C15H6BrF3N2O3S. The van der Waals surface area contributed by atoms with Gasteiger partial charge in [0.05, 0.1) is 26.6 Å². The molecule has 0 fully saturated rings. The smallest absolute Gasteiger partial charge is 0.341 e. The van der Waals surface area contributed by atoms with Crippen LogP contribution in [0.25, 0.3) is 0 Å². The molecule has 0 saturated heterocycles. The molecular weight excluding hydrogens is 425 g/mol. The molecule has 0 aliphatic heterocycles. The predicted octanol–water partition coefficient (Wildman–Crippen LogP) is 4.12. The second-order valence-corrected chi connectivity index (χ2v) is 7.24. The van der Waals surface area contributed by atoms with Crippen LogP contribution in [-0.2, 0) is 9.84 Å². The Morgan fingerprint density at radius 3 is 2.36 bits per heavy atom.